The predicted octanol–water partition coefficient (Wildman–Crippen LogP) is 25.0. The van der Waals surface area contributed by atoms with Crippen LogP contribution >= 0.6 is 0 Å². The zero-order chi connectivity index (χ0) is 59.1. The van der Waals surface area contributed by atoms with Crippen molar-refractivity contribution < 1.29 is 24.2 Å². The SMILES string of the molecule is CC/C=C\C/C=C\C/C=C\C/C=C\C/C=C\C/C=C\C/C=C\CCCCCCCCCCCCCC(=O)OC(CO)COC(=O)CCCCCCCCCCCCCCCCCCCCCCCCC/C=C\CCCCCCCCCC. The van der Waals surface area contributed by atoms with Crippen LogP contribution in [0.4, 0.5) is 0 Å². The van der Waals surface area contributed by atoms with Gasteiger partial charge in [0.1, 0.15) is 6.61 Å². The molecule has 0 aromatic carbocycles. The number of hydrogen-bond donors (Lipinski definition) is 1. The molecule has 0 rings (SSSR count). The van der Waals surface area contributed by atoms with E-state index < -0.39 is 6.10 Å². The van der Waals surface area contributed by atoms with Crippen molar-refractivity contribution in [3.8, 4) is 0 Å². The predicted molar refractivity (Wildman–Crippen MR) is 362 cm³/mol. The van der Waals surface area contributed by atoms with Crippen LogP contribution in [0, 0.1) is 0 Å². The van der Waals surface area contributed by atoms with Crippen LogP contribution in [0.3, 0.4) is 0 Å². The average Bonchev–Trinajstić information content (AvgIpc) is 3.49. The third-order valence-electron chi connectivity index (χ3n) is 15.9. The summed E-state index contributed by atoms with van der Waals surface area (Å²) in [7, 11) is 0. The largest absolute Gasteiger partial charge is 0.462 e. The van der Waals surface area contributed by atoms with Crippen LogP contribution in [-0.2, 0) is 19.1 Å². The Labute approximate surface area is 510 Å². The van der Waals surface area contributed by atoms with Crippen molar-refractivity contribution in [2.45, 2.75) is 367 Å². The van der Waals surface area contributed by atoms with Gasteiger partial charge in [0.05, 0.1) is 6.61 Å². The van der Waals surface area contributed by atoms with E-state index in [0.29, 0.717) is 12.8 Å². The van der Waals surface area contributed by atoms with E-state index in [9.17, 15) is 14.7 Å². The van der Waals surface area contributed by atoms with E-state index in [4.69, 9.17) is 9.47 Å². The molecule has 1 atom stereocenters. The molecule has 5 nitrogen and oxygen atoms in total. The van der Waals surface area contributed by atoms with Gasteiger partial charge in [-0.1, -0.05) is 349 Å². The summed E-state index contributed by atoms with van der Waals surface area (Å²) in [6.45, 7) is 4.06. The van der Waals surface area contributed by atoms with E-state index in [2.05, 4.69) is 111 Å². The molecule has 0 heterocycles. The van der Waals surface area contributed by atoms with Crippen LogP contribution in [0.25, 0.3) is 0 Å². The lowest BCUT2D eigenvalue weighted by molar-refractivity contribution is -0.161. The molecule has 0 aliphatic heterocycles. The number of unbranched alkanes of at least 4 members (excludes halogenated alkanes) is 42. The molecule has 0 spiro atoms. The van der Waals surface area contributed by atoms with E-state index in [-0.39, 0.29) is 25.2 Å². The second kappa shape index (κ2) is 72.1. The lowest BCUT2D eigenvalue weighted by Gasteiger charge is -2.15. The fourth-order valence-electron chi connectivity index (χ4n) is 10.5. The van der Waals surface area contributed by atoms with Gasteiger partial charge < -0.3 is 14.6 Å². The van der Waals surface area contributed by atoms with Crippen molar-refractivity contribution in [3.63, 3.8) is 0 Å². The first kappa shape index (κ1) is 78.8. The number of aliphatic hydroxyl groups is 1. The molecule has 82 heavy (non-hydrogen) atoms. The third-order valence-corrected chi connectivity index (χ3v) is 15.9. The molecule has 474 valence electrons. The lowest BCUT2D eigenvalue weighted by atomic mass is 10.0. The van der Waals surface area contributed by atoms with Crippen molar-refractivity contribution in [2.24, 2.45) is 0 Å². The van der Waals surface area contributed by atoms with Gasteiger partial charge in [-0.15, -0.1) is 0 Å². The molecular formula is C77H136O5. The molecule has 1 unspecified atom stereocenters. The van der Waals surface area contributed by atoms with Crippen molar-refractivity contribution in [3.05, 3.63) is 97.2 Å². The van der Waals surface area contributed by atoms with Gasteiger partial charge in [0, 0.05) is 12.8 Å². The lowest BCUT2D eigenvalue weighted by Crippen LogP contribution is -2.28. The molecule has 0 bridgehead atoms. The quantitative estimate of drug-likeness (QED) is 0.0373. The number of hydrogen-bond acceptors (Lipinski definition) is 5. The van der Waals surface area contributed by atoms with Crippen LogP contribution in [0.1, 0.15) is 361 Å². The van der Waals surface area contributed by atoms with Crippen LogP contribution in [0.15, 0.2) is 97.2 Å². The fourth-order valence-corrected chi connectivity index (χ4v) is 10.5. The zero-order valence-corrected chi connectivity index (χ0v) is 54.5. The Morgan fingerprint density at radius 3 is 0.805 bits per heavy atom. The summed E-state index contributed by atoms with van der Waals surface area (Å²) in [5.41, 5.74) is 0. The summed E-state index contributed by atoms with van der Waals surface area (Å²) < 4.78 is 10.8. The standard InChI is InChI=1S/C77H136O5/c1-3-5-7-9-11-13-15-17-19-21-23-25-27-29-31-33-35-37-38-40-41-43-45-47-49-51-53-55-57-59-61-63-65-67-69-71-76(79)81-74-75(73-78)82-77(80)72-70-68-66-64-62-60-58-56-54-52-50-48-46-44-42-39-36-34-32-30-28-26-24-22-20-18-16-14-12-10-8-6-4-2/h6,8,12,14,18,20-21,23-24,26,30,32,36,39,44,46,75,78H,3-5,7,9-11,13,15-17,19,22,25,27-29,31,33-35,37-38,40-43,45,47-74H2,1-2H3/b8-6-,14-12-,20-18-,23-21-,26-24-,32-30-,39-36-,46-44-. The Kier molecular flexibility index (Phi) is 69.3. The van der Waals surface area contributed by atoms with Gasteiger partial charge in [-0.2, -0.15) is 0 Å². The maximum absolute atomic E-state index is 12.4. The molecule has 0 aromatic rings. The highest BCUT2D eigenvalue weighted by Crippen LogP contribution is 2.18. The summed E-state index contributed by atoms with van der Waals surface area (Å²) in [5.74, 6) is -0.582. The second-order valence-electron chi connectivity index (χ2n) is 23.9. The summed E-state index contributed by atoms with van der Waals surface area (Å²) in [4.78, 5) is 24.7. The van der Waals surface area contributed by atoms with Gasteiger partial charge in [-0.25, -0.2) is 0 Å². The summed E-state index contributed by atoms with van der Waals surface area (Å²) >= 11 is 0. The Morgan fingerprint density at radius 2 is 0.524 bits per heavy atom. The van der Waals surface area contributed by atoms with Crippen molar-refractivity contribution in [2.75, 3.05) is 13.2 Å². The highest BCUT2D eigenvalue weighted by atomic mass is 16.6. The Morgan fingerprint density at radius 1 is 0.293 bits per heavy atom. The van der Waals surface area contributed by atoms with Gasteiger partial charge in [-0.3, -0.25) is 9.59 Å². The molecule has 0 fully saturated rings. The number of aliphatic hydroxyl groups excluding tert-OH is 1. The minimum Gasteiger partial charge on any atom is -0.462 e. The Bertz CT molecular complexity index is 1530. The normalized spacial score (nSPS) is 12.8. The smallest absolute Gasteiger partial charge is 0.306 e. The number of rotatable bonds is 66. The highest BCUT2D eigenvalue weighted by molar-refractivity contribution is 5.70. The highest BCUT2D eigenvalue weighted by Gasteiger charge is 2.16. The Hall–Kier alpha value is -3.18. The van der Waals surface area contributed by atoms with Crippen LogP contribution < -0.4 is 0 Å². The van der Waals surface area contributed by atoms with Crippen LogP contribution in [-0.4, -0.2) is 36.4 Å². The van der Waals surface area contributed by atoms with Crippen molar-refractivity contribution in [1.29, 1.82) is 0 Å². The second-order valence-corrected chi connectivity index (χ2v) is 23.9. The topological polar surface area (TPSA) is 72.8 Å². The van der Waals surface area contributed by atoms with Gasteiger partial charge >= 0.3 is 11.9 Å². The minimum absolute atomic E-state index is 0.0671. The fraction of sp³-hybridized carbons (Fsp3) is 0.766. The average molecular weight is 1140 g/mol. The molecule has 1 N–H and O–H groups in total. The van der Waals surface area contributed by atoms with E-state index >= 15 is 0 Å². The zero-order valence-electron chi connectivity index (χ0n) is 54.5. The number of allylic oxidation sites excluding steroid dienone is 16. The third kappa shape index (κ3) is 69.3. The number of carbonyl (C=O) groups excluding carboxylic acids is 2. The maximum Gasteiger partial charge on any atom is 0.306 e. The van der Waals surface area contributed by atoms with E-state index in [1.165, 1.54) is 250 Å². The first-order valence-electron chi connectivity index (χ1n) is 35.8. The number of esters is 2. The summed E-state index contributed by atoms with van der Waals surface area (Å²) in [5, 5.41) is 9.71. The van der Waals surface area contributed by atoms with Gasteiger partial charge in [-0.05, 0) is 96.3 Å². The monoisotopic (exact) mass is 1140 g/mol. The first-order valence-corrected chi connectivity index (χ1v) is 35.8. The van der Waals surface area contributed by atoms with Crippen LogP contribution in [0.2, 0.25) is 0 Å². The molecule has 0 radical (unpaired) electrons. The number of carbonyl (C=O) groups is 2. The summed E-state index contributed by atoms with van der Waals surface area (Å²) in [6, 6.07) is 0. The van der Waals surface area contributed by atoms with E-state index in [1.807, 2.05) is 0 Å². The molecule has 0 saturated carbocycles. The number of ether oxygens (including phenoxy) is 2. The van der Waals surface area contributed by atoms with Gasteiger partial charge in [0.2, 0.25) is 0 Å². The van der Waals surface area contributed by atoms with E-state index in [0.717, 1.165) is 83.5 Å². The molecule has 0 saturated heterocycles. The molecule has 0 aliphatic rings. The van der Waals surface area contributed by atoms with Gasteiger partial charge in [0.25, 0.3) is 0 Å². The first-order chi connectivity index (χ1) is 40.6. The molecular weight excluding hydrogens is 1000 g/mol. The van der Waals surface area contributed by atoms with Crippen LogP contribution in [0.5, 0.6) is 0 Å². The van der Waals surface area contributed by atoms with Gasteiger partial charge in [0.15, 0.2) is 6.10 Å². The molecule has 0 aromatic heterocycles. The van der Waals surface area contributed by atoms with E-state index in [1.54, 1.807) is 0 Å². The molecule has 0 aliphatic carbocycles. The minimum atomic E-state index is -0.779. The van der Waals surface area contributed by atoms with Crippen molar-refractivity contribution in [1.82, 2.24) is 0 Å². The Balaban J connectivity index is 3.45. The summed E-state index contributed by atoms with van der Waals surface area (Å²) in [6.07, 6.45) is 103. The molecule has 0 amide bonds. The van der Waals surface area contributed by atoms with Crippen molar-refractivity contribution >= 4 is 11.9 Å². The maximum atomic E-state index is 12.4. The molecule has 5 heteroatoms.